The Balaban J connectivity index is 1.82. The second-order valence-electron chi connectivity index (χ2n) is 5.91. The molecule has 0 radical (unpaired) electrons. The van der Waals surface area contributed by atoms with Gasteiger partial charge in [-0.2, -0.15) is 0 Å². The molecule has 1 amide bonds. The predicted octanol–water partition coefficient (Wildman–Crippen LogP) is 3.42. The van der Waals surface area contributed by atoms with E-state index in [0.717, 1.165) is 25.0 Å². The number of hydrogen-bond donors (Lipinski definition) is 2. The number of carbonyl (C=O) groups excluding carboxylic acids is 1. The van der Waals surface area contributed by atoms with E-state index in [2.05, 4.69) is 10.0 Å². The third-order valence-corrected chi connectivity index (χ3v) is 5.69. The highest BCUT2D eigenvalue weighted by atomic mass is 35.5. The van der Waals surface area contributed by atoms with Gasteiger partial charge in [0.05, 0.1) is 5.02 Å². The van der Waals surface area contributed by atoms with Crippen molar-refractivity contribution in [3.8, 4) is 0 Å². The van der Waals surface area contributed by atoms with Crippen molar-refractivity contribution >= 4 is 33.2 Å². The van der Waals surface area contributed by atoms with E-state index in [1.165, 1.54) is 30.3 Å². The molecule has 25 heavy (non-hydrogen) atoms. The third-order valence-electron chi connectivity index (χ3n) is 3.83. The van der Waals surface area contributed by atoms with Crippen LogP contribution < -0.4 is 10.0 Å². The normalized spacial score (nSPS) is 14.2. The zero-order chi connectivity index (χ0) is 18.0. The van der Waals surface area contributed by atoms with Crippen molar-refractivity contribution < 1.29 is 17.6 Å². The Labute approximate surface area is 150 Å². The summed E-state index contributed by atoms with van der Waals surface area (Å²) in [4.78, 5) is 11.9. The molecule has 1 aliphatic carbocycles. The molecule has 2 N–H and O–H groups in total. The van der Waals surface area contributed by atoms with E-state index in [4.69, 9.17) is 11.6 Å². The Bertz CT molecular complexity index is 897. The van der Waals surface area contributed by atoms with Gasteiger partial charge in [-0.15, -0.1) is 0 Å². The lowest BCUT2D eigenvalue weighted by Gasteiger charge is -2.11. The van der Waals surface area contributed by atoms with Gasteiger partial charge in [0.15, 0.2) is 0 Å². The highest BCUT2D eigenvalue weighted by Gasteiger charge is 2.23. The fraction of sp³-hybridized carbons (Fsp3) is 0.235. The van der Waals surface area contributed by atoms with Crippen molar-refractivity contribution in [2.75, 3.05) is 11.3 Å². The quantitative estimate of drug-likeness (QED) is 0.803. The minimum atomic E-state index is -4.02. The van der Waals surface area contributed by atoms with Gasteiger partial charge >= 0.3 is 0 Å². The largest absolute Gasteiger partial charge is 0.352 e. The summed E-state index contributed by atoms with van der Waals surface area (Å²) in [5.74, 6) is -0.309. The monoisotopic (exact) mass is 382 g/mol. The van der Waals surface area contributed by atoms with Crippen LogP contribution in [0.15, 0.2) is 47.4 Å². The zero-order valence-electron chi connectivity index (χ0n) is 13.1. The number of halogens is 2. The topological polar surface area (TPSA) is 75.3 Å². The first-order chi connectivity index (χ1) is 11.8. The summed E-state index contributed by atoms with van der Waals surface area (Å²) in [7, 11) is -4.02. The van der Waals surface area contributed by atoms with Gasteiger partial charge in [0.1, 0.15) is 10.7 Å². The summed E-state index contributed by atoms with van der Waals surface area (Å²) in [6.45, 7) is 0.581. The highest BCUT2D eigenvalue weighted by molar-refractivity contribution is 7.92. The summed E-state index contributed by atoms with van der Waals surface area (Å²) in [5.41, 5.74) is 0.408. The summed E-state index contributed by atoms with van der Waals surface area (Å²) in [6, 6.07) is 8.95. The predicted molar refractivity (Wildman–Crippen MR) is 93.7 cm³/mol. The Morgan fingerprint density at radius 1 is 1.16 bits per heavy atom. The minimum absolute atomic E-state index is 0.00615. The molecule has 1 aliphatic rings. The average Bonchev–Trinajstić information content (AvgIpc) is 3.39. The molecule has 3 rings (SSSR count). The molecule has 2 aromatic rings. The van der Waals surface area contributed by atoms with E-state index >= 15 is 0 Å². The van der Waals surface area contributed by atoms with Crippen LogP contribution in [0.4, 0.5) is 10.1 Å². The van der Waals surface area contributed by atoms with E-state index in [1.54, 1.807) is 0 Å². The third kappa shape index (κ3) is 4.49. The molecule has 0 heterocycles. The molecule has 2 aromatic carbocycles. The molecular weight excluding hydrogens is 367 g/mol. The van der Waals surface area contributed by atoms with Gasteiger partial charge in [0.2, 0.25) is 0 Å². The summed E-state index contributed by atoms with van der Waals surface area (Å²) < 4.78 is 40.3. The van der Waals surface area contributed by atoms with E-state index in [9.17, 15) is 17.6 Å². The smallest absolute Gasteiger partial charge is 0.263 e. The highest BCUT2D eigenvalue weighted by Crippen LogP contribution is 2.28. The van der Waals surface area contributed by atoms with Crippen molar-refractivity contribution in [2.45, 2.75) is 17.7 Å². The molecule has 0 bridgehead atoms. The number of amides is 1. The molecule has 0 saturated heterocycles. The average molecular weight is 383 g/mol. The van der Waals surface area contributed by atoms with E-state index in [1.807, 2.05) is 0 Å². The Morgan fingerprint density at radius 3 is 2.48 bits per heavy atom. The molecule has 5 nitrogen and oxygen atoms in total. The number of hydrogen-bond acceptors (Lipinski definition) is 3. The SMILES string of the molecule is O=C(NCC1CC1)c1ccc(Cl)c(S(=O)(=O)Nc2ccc(F)cc2)c1. The molecule has 0 aromatic heterocycles. The lowest BCUT2D eigenvalue weighted by molar-refractivity contribution is 0.0951. The summed E-state index contributed by atoms with van der Waals surface area (Å²) in [5, 5.41) is 2.77. The molecule has 132 valence electrons. The lowest BCUT2D eigenvalue weighted by atomic mass is 10.2. The van der Waals surface area contributed by atoms with Crippen LogP contribution in [-0.2, 0) is 10.0 Å². The molecule has 1 saturated carbocycles. The standard InChI is InChI=1S/C17H16ClFN2O3S/c18-15-8-3-12(17(22)20-10-11-1-2-11)9-16(15)25(23,24)21-14-6-4-13(19)5-7-14/h3-9,11,21H,1-2,10H2,(H,20,22). The maximum Gasteiger partial charge on any atom is 0.263 e. The number of carbonyl (C=O) groups is 1. The number of benzene rings is 2. The summed E-state index contributed by atoms with van der Waals surface area (Å²) in [6.07, 6.45) is 2.20. The second kappa shape index (κ2) is 7.01. The van der Waals surface area contributed by atoms with Gasteiger partial charge in [-0.3, -0.25) is 9.52 Å². The maximum absolute atomic E-state index is 12.9. The number of sulfonamides is 1. The van der Waals surface area contributed by atoms with Crippen molar-refractivity contribution in [2.24, 2.45) is 5.92 Å². The zero-order valence-corrected chi connectivity index (χ0v) is 14.7. The molecule has 0 aliphatic heterocycles. The first-order valence-corrected chi connectivity index (χ1v) is 9.57. The van der Waals surface area contributed by atoms with Gasteiger partial charge in [0.25, 0.3) is 15.9 Å². The number of rotatable bonds is 6. The van der Waals surface area contributed by atoms with Crippen molar-refractivity contribution in [3.63, 3.8) is 0 Å². The summed E-state index contributed by atoms with van der Waals surface area (Å²) >= 11 is 6.00. The van der Waals surface area contributed by atoms with Gasteiger partial charge in [-0.05, 0) is 61.2 Å². The van der Waals surface area contributed by atoms with Crippen LogP contribution in [0.1, 0.15) is 23.2 Å². The van der Waals surface area contributed by atoms with Crippen LogP contribution in [-0.4, -0.2) is 20.9 Å². The minimum Gasteiger partial charge on any atom is -0.352 e. The van der Waals surface area contributed by atoms with Crippen LogP contribution in [0.5, 0.6) is 0 Å². The van der Waals surface area contributed by atoms with Crippen LogP contribution in [0.25, 0.3) is 0 Å². The number of anilines is 1. The Hall–Kier alpha value is -2.12. The molecular formula is C17H16ClFN2O3S. The fourth-order valence-corrected chi connectivity index (χ4v) is 3.83. The molecule has 1 fully saturated rings. The van der Waals surface area contributed by atoms with Crippen molar-refractivity contribution in [1.29, 1.82) is 0 Å². The first-order valence-electron chi connectivity index (χ1n) is 7.71. The van der Waals surface area contributed by atoms with Gasteiger partial charge in [0, 0.05) is 17.8 Å². The molecule has 0 spiro atoms. The first kappa shape index (κ1) is 17.7. The Kier molecular flexibility index (Phi) is 4.96. The molecule has 8 heteroatoms. The number of nitrogens with one attached hydrogen (secondary N) is 2. The van der Waals surface area contributed by atoms with E-state index in [0.29, 0.717) is 12.5 Å². The molecule has 0 unspecified atom stereocenters. The fourth-order valence-electron chi connectivity index (χ4n) is 2.24. The van der Waals surface area contributed by atoms with Crippen molar-refractivity contribution in [1.82, 2.24) is 5.32 Å². The van der Waals surface area contributed by atoms with Crippen LogP contribution in [0.2, 0.25) is 5.02 Å². The van der Waals surface area contributed by atoms with Gasteiger partial charge in [-0.25, -0.2) is 12.8 Å². The van der Waals surface area contributed by atoms with E-state index in [-0.39, 0.29) is 27.1 Å². The van der Waals surface area contributed by atoms with Gasteiger partial charge < -0.3 is 5.32 Å². The van der Waals surface area contributed by atoms with Gasteiger partial charge in [-0.1, -0.05) is 11.6 Å². The van der Waals surface area contributed by atoms with E-state index < -0.39 is 15.8 Å². The maximum atomic E-state index is 12.9. The van der Waals surface area contributed by atoms with Crippen LogP contribution >= 0.6 is 11.6 Å². The van der Waals surface area contributed by atoms with Crippen LogP contribution in [0, 0.1) is 11.7 Å². The molecule has 0 atom stereocenters. The second-order valence-corrected chi connectivity index (χ2v) is 7.97. The van der Waals surface area contributed by atoms with Crippen molar-refractivity contribution in [3.05, 3.63) is 58.9 Å². The Morgan fingerprint density at radius 2 is 1.84 bits per heavy atom. The van der Waals surface area contributed by atoms with Crippen LogP contribution in [0.3, 0.4) is 0 Å². The lowest BCUT2D eigenvalue weighted by Crippen LogP contribution is -2.26.